The first-order valence-corrected chi connectivity index (χ1v) is 11.0. The summed E-state index contributed by atoms with van der Waals surface area (Å²) in [5, 5.41) is 4.51. The fraction of sp³-hybridized carbons (Fsp3) is 0.478. The molecule has 6 heteroatoms. The van der Waals surface area contributed by atoms with Crippen molar-refractivity contribution < 1.29 is 14.2 Å². The molecule has 2 rings (SSSR count). The van der Waals surface area contributed by atoms with Gasteiger partial charge in [-0.3, -0.25) is 0 Å². The number of unbranched alkanes of at least 4 members (excludes halogenated alkanes) is 1. The lowest BCUT2D eigenvalue weighted by Gasteiger charge is -2.14. The Labute approximate surface area is 184 Å². The second kappa shape index (κ2) is 13.7. The van der Waals surface area contributed by atoms with Crippen LogP contribution in [0.1, 0.15) is 44.2 Å². The first kappa shape index (κ1) is 23.8. The molecule has 0 aliphatic rings. The average molecular weight is 440 g/mol. The molecule has 0 radical (unpaired) electrons. The van der Waals surface area contributed by atoms with Crippen molar-refractivity contribution in [2.75, 3.05) is 26.4 Å². The average Bonchev–Trinajstić information content (AvgIpc) is 2.72. The number of hydrogen-bond donors (Lipinski definition) is 1. The zero-order valence-electron chi connectivity index (χ0n) is 17.3. The van der Waals surface area contributed by atoms with E-state index in [2.05, 4.69) is 18.3 Å². The van der Waals surface area contributed by atoms with Crippen LogP contribution < -0.4 is 14.8 Å². The van der Waals surface area contributed by atoms with Crippen molar-refractivity contribution in [1.82, 2.24) is 5.32 Å². The highest BCUT2D eigenvalue weighted by atomic mass is 35.5. The molecule has 0 saturated heterocycles. The Morgan fingerprint density at radius 1 is 0.828 bits per heavy atom. The second-order valence-corrected chi connectivity index (χ2v) is 7.56. The van der Waals surface area contributed by atoms with Gasteiger partial charge in [0.25, 0.3) is 0 Å². The number of nitrogens with one attached hydrogen (secondary N) is 1. The van der Waals surface area contributed by atoms with E-state index in [0.29, 0.717) is 29.0 Å². The first-order valence-electron chi connectivity index (χ1n) is 10.2. The summed E-state index contributed by atoms with van der Waals surface area (Å²) in [7, 11) is 0. The molecule has 0 aliphatic carbocycles. The van der Waals surface area contributed by atoms with Gasteiger partial charge in [-0.25, -0.2) is 0 Å². The summed E-state index contributed by atoms with van der Waals surface area (Å²) in [6, 6.07) is 11.5. The molecule has 4 nitrogen and oxygen atoms in total. The molecule has 2 aromatic carbocycles. The third-order valence-electron chi connectivity index (χ3n) is 4.30. The van der Waals surface area contributed by atoms with Gasteiger partial charge in [-0.2, -0.15) is 0 Å². The Morgan fingerprint density at radius 2 is 1.62 bits per heavy atom. The van der Waals surface area contributed by atoms with Crippen LogP contribution in [0, 0.1) is 0 Å². The summed E-state index contributed by atoms with van der Waals surface area (Å²) in [5.74, 6) is 1.46. The normalized spacial score (nSPS) is 10.9. The van der Waals surface area contributed by atoms with Crippen molar-refractivity contribution in [3.05, 3.63) is 57.6 Å². The van der Waals surface area contributed by atoms with E-state index in [-0.39, 0.29) is 0 Å². The van der Waals surface area contributed by atoms with Gasteiger partial charge in [0.1, 0.15) is 6.61 Å². The van der Waals surface area contributed by atoms with Gasteiger partial charge in [-0.1, -0.05) is 48.7 Å². The Balaban J connectivity index is 1.83. The Kier molecular flexibility index (Phi) is 11.3. The lowest BCUT2D eigenvalue weighted by Crippen LogP contribution is -2.16. The van der Waals surface area contributed by atoms with Crippen molar-refractivity contribution in [2.24, 2.45) is 0 Å². The number of benzene rings is 2. The van der Waals surface area contributed by atoms with Gasteiger partial charge in [0.05, 0.1) is 16.7 Å². The van der Waals surface area contributed by atoms with Crippen LogP contribution >= 0.6 is 23.2 Å². The molecular formula is C23H31Cl2NO3. The van der Waals surface area contributed by atoms with Crippen molar-refractivity contribution >= 4 is 23.2 Å². The Hall–Kier alpha value is -1.46. The van der Waals surface area contributed by atoms with Crippen LogP contribution in [0.3, 0.4) is 0 Å². The molecule has 0 amide bonds. The SMILES string of the molecule is CCCCOCCCNCc1ccc(OCc2ccc(Cl)c(Cl)c2)c(OCC)c1. The molecule has 0 atom stereocenters. The van der Waals surface area contributed by atoms with Crippen molar-refractivity contribution in [1.29, 1.82) is 0 Å². The monoisotopic (exact) mass is 439 g/mol. The van der Waals surface area contributed by atoms with E-state index < -0.39 is 0 Å². The van der Waals surface area contributed by atoms with E-state index in [1.54, 1.807) is 6.07 Å². The van der Waals surface area contributed by atoms with Gasteiger partial charge in [0, 0.05) is 19.8 Å². The quantitative estimate of drug-likeness (QED) is 0.352. The van der Waals surface area contributed by atoms with Crippen LogP contribution in [0.5, 0.6) is 11.5 Å². The van der Waals surface area contributed by atoms with Gasteiger partial charge in [0.2, 0.25) is 0 Å². The number of rotatable bonds is 14. The number of hydrogen-bond acceptors (Lipinski definition) is 4. The third-order valence-corrected chi connectivity index (χ3v) is 5.04. The molecule has 0 unspecified atom stereocenters. The van der Waals surface area contributed by atoms with E-state index in [0.717, 1.165) is 56.0 Å². The third kappa shape index (κ3) is 8.83. The molecule has 0 fully saturated rings. The molecule has 0 bridgehead atoms. The zero-order valence-corrected chi connectivity index (χ0v) is 18.8. The van der Waals surface area contributed by atoms with Crippen molar-refractivity contribution in [2.45, 2.75) is 46.3 Å². The van der Waals surface area contributed by atoms with E-state index in [9.17, 15) is 0 Å². The van der Waals surface area contributed by atoms with Gasteiger partial charge < -0.3 is 19.5 Å². The van der Waals surface area contributed by atoms with Crippen LogP contribution in [0.4, 0.5) is 0 Å². The van der Waals surface area contributed by atoms with Crippen LogP contribution in [-0.2, 0) is 17.9 Å². The maximum absolute atomic E-state index is 6.07. The van der Waals surface area contributed by atoms with E-state index in [1.165, 1.54) is 6.42 Å². The summed E-state index contributed by atoms with van der Waals surface area (Å²) in [6.45, 7) is 8.48. The predicted molar refractivity (Wildman–Crippen MR) is 120 cm³/mol. The minimum absolute atomic E-state index is 0.395. The molecule has 1 N–H and O–H groups in total. The van der Waals surface area contributed by atoms with Crippen molar-refractivity contribution in [3.63, 3.8) is 0 Å². The Morgan fingerprint density at radius 3 is 2.38 bits per heavy atom. The Bertz CT molecular complexity index is 740. The largest absolute Gasteiger partial charge is 0.490 e. The molecule has 0 aliphatic heterocycles. The minimum Gasteiger partial charge on any atom is -0.490 e. The van der Waals surface area contributed by atoms with E-state index in [4.69, 9.17) is 37.4 Å². The minimum atomic E-state index is 0.395. The number of halogens is 2. The van der Waals surface area contributed by atoms with Gasteiger partial charge >= 0.3 is 0 Å². The zero-order chi connectivity index (χ0) is 20.9. The van der Waals surface area contributed by atoms with E-state index >= 15 is 0 Å². The van der Waals surface area contributed by atoms with Crippen LogP contribution in [0.25, 0.3) is 0 Å². The topological polar surface area (TPSA) is 39.7 Å². The highest BCUT2D eigenvalue weighted by Gasteiger charge is 2.08. The first-order chi connectivity index (χ1) is 14.1. The van der Waals surface area contributed by atoms with Gasteiger partial charge in [0.15, 0.2) is 11.5 Å². The fourth-order valence-corrected chi connectivity index (χ4v) is 3.04. The molecule has 0 saturated carbocycles. The van der Waals surface area contributed by atoms with Crippen molar-refractivity contribution in [3.8, 4) is 11.5 Å². The summed E-state index contributed by atoms with van der Waals surface area (Å²) in [6.07, 6.45) is 3.31. The molecule has 0 spiro atoms. The van der Waals surface area contributed by atoms with E-state index in [1.807, 2.05) is 31.2 Å². The molecule has 2 aromatic rings. The maximum Gasteiger partial charge on any atom is 0.161 e. The van der Waals surface area contributed by atoms with Gasteiger partial charge in [-0.15, -0.1) is 0 Å². The smallest absolute Gasteiger partial charge is 0.161 e. The molecule has 0 heterocycles. The second-order valence-electron chi connectivity index (χ2n) is 6.75. The van der Waals surface area contributed by atoms with Crippen LogP contribution in [-0.4, -0.2) is 26.4 Å². The maximum atomic E-state index is 6.07. The lowest BCUT2D eigenvalue weighted by molar-refractivity contribution is 0.129. The molecule has 29 heavy (non-hydrogen) atoms. The summed E-state index contributed by atoms with van der Waals surface area (Å²) < 4.78 is 17.3. The lowest BCUT2D eigenvalue weighted by atomic mass is 10.2. The number of ether oxygens (including phenoxy) is 3. The standard InChI is InChI=1S/C23H31Cl2NO3/c1-3-5-12-27-13-6-11-26-16-18-8-10-22(23(15-18)28-4-2)29-17-19-7-9-20(24)21(25)14-19/h7-10,14-15,26H,3-6,11-13,16-17H2,1-2H3. The van der Waals surface area contributed by atoms with Gasteiger partial charge in [-0.05, 0) is 61.7 Å². The molecule has 160 valence electrons. The summed E-state index contributed by atoms with van der Waals surface area (Å²) in [5.41, 5.74) is 2.11. The predicted octanol–water partition coefficient (Wildman–Crippen LogP) is 6.27. The fourth-order valence-electron chi connectivity index (χ4n) is 2.72. The van der Waals surface area contributed by atoms with Crippen LogP contribution in [0.15, 0.2) is 36.4 Å². The summed E-state index contributed by atoms with van der Waals surface area (Å²) >= 11 is 12.0. The van der Waals surface area contributed by atoms with Crippen LogP contribution in [0.2, 0.25) is 10.0 Å². The molecular weight excluding hydrogens is 409 g/mol. The highest BCUT2D eigenvalue weighted by molar-refractivity contribution is 6.42. The highest BCUT2D eigenvalue weighted by Crippen LogP contribution is 2.30. The molecule has 0 aromatic heterocycles. The summed E-state index contributed by atoms with van der Waals surface area (Å²) in [4.78, 5) is 0.